The summed E-state index contributed by atoms with van der Waals surface area (Å²) in [5, 5.41) is 33.0. The molecule has 1 amide bonds. The molecule has 0 bridgehead atoms. The first-order valence-electron chi connectivity index (χ1n) is 12.7. The first kappa shape index (κ1) is 27.8. The van der Waals surface area contributed by atoms with Crippen LogP contribution in [0.1, 0.15) is 27.0 Å². The Balaban J connectivity index is 1.34. The van der Waals surface area contributed by atoms with E-state index >= 15 is 0 Å². The second kappa shape index (κ2) is 11.8. The predicted octanol–water partition coefficient (Wildman–Crippen LogP) is 6.03. The van der Waals surface area contributed by atoms with Crippen molar-refractivity contribution in [1.29, 1.82) is 10.5 Å². The van der Waals surface area contributed by atoms with Gasteiger partial charge < -0.3 is 16.2 Å². The highest BCUT2D eigenvalue weighted by Crippen LogP contribution is 2.36. The number of aromatic nitrogens is 2. The molecule has 0 spiro atoms. The second-order valence-electron chi connectivity index (χ2n) is 9.31. The number of carboxylic acid groups (broad SMARTS) is 1. The number of nitrogens with zero attached hydrogens (tertiary/aromatic N) is 4. The molecular weight excluding hydrogens is 548 g/mol. The zero-order valence-electron chi connectivity index (χ0n) is 22.3. The summed E-state index contributed by atoms with van der Waals surface area (Å²) in [4.78, 5) is 33.5. The van der Waals surface area contributed by atoms with Crippen molar-refractivity contribution >= 4 is 46.0 Å². The molecule has 0 aliphatic heterocycles. The van der Waals surface area contributed by atoms with E-state index in [0.717, 1.165) is 17.3 Å². The smallest absolute Gasteiger partial charge is 0.336 e. The molecule has 0 aliphatic carbocycles. The van der Waals surface area contributed by atoms with Gasteiger partial charge in [0, 0.05) is 22.2 Å². The molecule has 5 aromatic rings. The topological polar surface area (TPSA) is 166 Å². The number of amides is 1. The zero-order valence-corrected chi connectivity index (χ0v) is 23.1. The Morgan fingerprint density at radius 3 is 2.26 bits per heavy atom. The molecule has 0 saturated heterocycles. The number of anilines is 2. The van der Waals surface area contributed by atoms with Crippen molar-refractivity contribution in [1.82, 2.24) is 9.97 Å². The molecule has 204 valence electrons. The molecule has 0 atom stereocenters. The van der Waals surface area contributed by atoms with Gasteiger partial charge in [-0.3, -0.25) is 4.79 Å². The Labute approximate surface area is 245 Å². The molecule has 5 rings (SSSR count). The fourth-order valence-electron chi connectivity index (χ4n) is 4.47. The van der Waals surface area contributed by atoms with Gasteiger partial charge in [0.25, 0.3) is 0 Å². The molecule has 42 heavy (non-hydrogen) atoms. The Bertz CT molecular complexity index is 1940. The van der Waals surface area contributed by atoms with E-state index in [9.17, 15) is 25.2 Å². The number of aromatic carboxylic acids is 1. The number of carbonyl (C=O) groups excluding carboxylic acids is 1. The maximum Gasteiger partial charge on any atom is 0.336 e. The van der Waals surface area contributed by atoms with Crippen LogP contribution in [0.25, 0.3) is 33.3 Å². The van der Waals surface area contributed by atoms with Gasteiger partial charge in [-0.15, -0.1) is 0 Å². The third-order valence-electron chi connectivity index (χ3n) is 6.51. The minimum atomic E-state index is -1.04. The first-order chi connectivity index (χ1) is 20.3. The molecule has 0 unspecified atom stereocenters. The maximum atomic E-state index is 12.8. The van der Waals surface area contributed by atoms with Crippen LogP contribution in [0.5, 0.6) is 0 Å². The van der Waals surface area contributed by atoms with Gasteiger partial charge in [0.2, 0.25) is 5.91 Å². The Hall–Kier alpha value is -5.71. The maximum absolute atomic E-state index is 12.8. The number of rotatable bonds is 7. The van der Waals surface area contributed by atoms with E-state index in [1.54, 1.807) is 48.5 Å². The SMILES string of the molecule is Cc1ccc(-c2c(C#N)c(N)nc(SCC(=O)Nc3ccc(-c4cc(C(=O)O)c5ccccc5n4)cc3)c2C#N)cc1. The van der Waals surface area contributed by atoms with E-state index < -0.39 is 5.97 Å². The zero-order chi connectivity index (χ0) is 29.8. The summed E-state index contributed by atoms with van der Waals surface area (Å²) in [5.41, 5.74) is 10.9. The second-order valence-corrected chi connectivity index (χ2v) is 10.3. The minimum absolute atomic E-state index is 0.0149. The van der Waals surface area contributed by atoms with Crippen LogP contribution in [0, 0.1) is 29.6 Å². The van der Waals surface area contributed by atoms with E-state index in [1.807, 2.05) is 37.3 Å². The molecule has 0 aliphatic rings. The largest absolute Gasteiger partial charge is 0.478 e. The molecule has 0 saturated carbocycles. The monoisotopic (exact) mass is 570 g/mol. The van der Waals surface area contributed by atoms with Crippen LogP contribution in [0.15, 0.2) is 83.9 Å². The van der Waals surface area contributed by atoms with Crippen LogP contribution in [0.4, 0.5) is 11.5 Å². The summed E-state index contributed by atoms with van der Waals surface area (Å²) in [6, 6.07) is 27.0. The quantitative estimate of drug-likeness (QED) is 0.198. The number of benzene rings is 3. The third kappa shape index (κ3) is 5.61. The van der Waals surface area contributed by atoms with E-state index in [-0.39, 0.29) is 39.2 Å². The Morgan fingerprint density at radius 2 is 1.60 bits per heavy atom. The van der Waals surface area contributed by atoms with Crippen molar-refractivity contribution in [3.63, 3.8) is 0 Å². The van der Waals surface area contributed by atoms with Gasteiger partial charge in [-0.05, 0) is 36.8 Å². The molecule has 2 aromatic heterocycles. The van der Waals surface area contributed by atoms with Crippen molar-refractivity contribution in [2.24, 2.45) is 0 Å². The van der Waals surface area contributed by atoms with Crippen LogP contribution in [0.3, 0.4) is 0 Å². The predicted molar refractivity (Wildman–Crippen MR) is 162 cm³/mol. The molecule has 4 N–H and O–H groups in total. The lowest BCUT2D eigenvalue weighted by Gasteiger charge is -2.13. The van der Waals surface area contributed by atoms with Gasteiger partial charge in [0.15, 0.2) is 0 Å². The lowest BCUT2D eigenvalue weighted by atomic mass is 9.96. The van der Waals surface area contributed by atoms with Gasteiger partial charge in [0.1, 0.15) is 28.5 Å². The fourth-order valence-corrected chi connectivity index (χ4v) is 5.26. The summed E-state index contributed by atoms with van der Waals surface area (Å²) in [7, 11) is 0. The highest BCUT2D eigenvalue weighted by Gasteiger charge is 2.21. The van der Waals surface area contributed by atoms with Crippen molar-refractivity contribution < 1.29 is 14.7 Å². The number of fused-ring (bicyclic) bond motifs is 1. The Kier molecular flexibility index (Phi) is 7.82. The lowest BCUT2D eigenvalue weighted by Crippen LogP contribution is -2.14. The summed E-state index contributed by atoms with van der Waals surface area (Å²) >= 11 is 1.05. The number of aryl methyl sites for hydroxylation is 1. The molecule has 10 heteroatoms. The van der Waals surface area contributed by atoms with E-state index in [0.29, 0.717) is 39.0 Å². The number of pyridine rings is 2. The first-order valence-corrected chi connectivity index (χ1v) is 13.6. The number of nitrogens with one attached hydrogen (secondary N) is 1. The van der Waals surface area contributed by atoms with Gasteiger partial charge in [-0.2, -0.15) is 10.5 Å². The molecule has 2 heterocycles. The summed E-state index contributed by atoms with van der Waals surface area (Å²) in [5.74, 6) is -1.45. The molecule has 3 aromatic carbocycles. The number of para-hydroxylation sites is 1. The summed E-state index contributed by atoms with van der Waals surface area (Å²) in [6.45, 7) is 1.93. The molecule has 0 fully saturated rings. The van der Waals surface area contributed by atoms with Gasteiger partial charge in [-0.1, -0.05) is 71.9 Å². The fraction of sp³-hybridized carbons (Fsp3) is 0.0625. The number of thioether (sulfide) groups is 1. The van der Waals surface area contributed by atoms with Crippen molar-refractivity contribution in [3.8, 4) is 34.5 Å². The molecule has 9 nitrogen and oxygen atoms in total. The van der Waals surface area contributed by atoms with Gasteiger partial charge in [0.05, 0.1) is 28.1 Å². The Morgan fingerprint density at radius 1 is 0.929 bits per heavy atom. The van der Waals surface area contributed by atoms with Gasteiger partial charge >= 0.3 is 5.97 Å². The van der Waals surface area contributed by atoms with Crippen LogP contribution < -0.4 is 11.1 Å². The van der Waals surface area contributed by atoms with E-state index in [2.05, 4.69) is 21.4 Å². The van der Waals surface area contributed by atoms with E-state index in [4.69, 9.17) is 5.73 Å². The normalized spacial score (nSPS) is 10.5. The lowest BCUT2D eigenvalue weighted by molar-refractivity contribution is -0.113. The summed E-state index contributed by atoms with van der Waals surface area (Å²) < 4.78 is 0. The molecular formula is C32H22N6O3S. The van der Waals surface area contributed by atoms with Crippen LogP contribution in [0.2, 0.25) is 0 Å². The number of carbonyl (C=O) groups is 2. The number of nitrogen functional groups attached to an aromatic ring is 1. The standard InChI is InChI=1S/C32H22N6O3S/c1-18-6-8-20(9-7-18)29-24(15-33)30(35)38-31(25(29)16-34)42-17-28(39)36-21-12-10-19(11-13-21)27-14-23(32(40)41)22-4-2-3-5-26(22)37-27/h2-14H,17H2,1H3,(H2,35,38)(H,36,39)(H,40,41). The molecule has 0 radical (unpaired) electrons. The van der Waals surface area contributed by atoms with Crippen molar-refractivity contribution in [2.45, 2.75) is 11.9 Å². The summed E-state index contributed by atoms with van der Waals surface area (Å²) in [6.07, 6.45) is 0. The number of hydrogen-bond acceptors (Lipinski definition) is 8. The number of hydrogen-bond donors (Lipinski definition) is 3. The number of nitrogens with two attached hydrogens (primary N) is 1. The van der Waals surface area contributed by atoms with Crippen LogP contribution >= 0.6 is 11.8 Å². The number of nitriles is 2. The number of carboxylic acids is 1. The highest BCUT2D eigenvalue weighted by atomic mass is 32.2. The average Bonchev–Trinajstić information content (AvgIpc) is 2.99. The van der Waals surface area contributed by atoms with Crippen LogP contribution in [-0.2, 0) is 4.79 Å². The van der Waals surface area contributed by atoms with Gasteiger partial charge in [-0.25, -0.2) is 14.8 Å². The van der Waals surface area contributed by atoms with Crippen molar-refractivity contribution in [2.75, 3.05) is 16.8 Å². The minimum Gasteiger partial charge on any atom is -0.478 e. The average molecular weight is 571 g/mol. The van der Waals surface area contributed by atoms with Crippen molar-refractivity contribution in [3.05, 3.63) is 101 Å². The van der Waals surface area contributed by atoms with Crippen LogP contribution in [-0.4, -0.2) is 32.7 Å². The highest BCUT2D eigenvalue weighted by molar-refractivity contribution is 8.00. The third-order valence-corrected chi connectivity index (χ3v) is 7.48. The van der Waals surface area contributed by atoms with E-state index in [1.165, 1.54) is 6.07 Å².